The zero-order chi connectivity index (χ0) is 22.5. The molecule has 0 fully saturated rings. The van der Waals surface area contributed by atoms with Crippen LogP contribution in [0.25, 0.3) is 10.2 Å². The third-order valence-corrected chi connectivity index (χ3v) is 7.71. The number of aryl methyl sites for hydroxylation is 2. The predicted molar refractivity (Wildman–Crippen MR) is 136 cm³/mol. The minimum atomic E-state index is 0.0833. The van der Waals surface area contributed by atoms with Gasteiger partial charge in [0.25, 0.3) is 0 Å². The van der Waals surface area contributed by atoms with Crippen molar-refractivity contribution in [3.8, 4) is 0 Å². The molecular formula is C25H24ClN3OS2. The number of amides is 1. The number of halogens is 1. The Morgan fingerprint density at radius 1 is 1.09 bits per heavy atom. The number of thiazole rings is 1. The van der Waals surface area contributed by atoms with Crippen LogP contribution >= 0.6 is 34.7 Å². The molecule has 0 spiro atoms. The molecule has 0 unspecified atom stereocenters. The number of pyridine rings is 1. The first kappa shape index (κ1) is 22.8. The van der Waals surface area contributed by atoms with Gasteiger partial charge in [-0.05, 0) is 73.0 Å². The summed E-state index contributed by atoms with van der Waals surface area (Å²) in [5.41, 5.74) is 4.28. The van der Waals surface area contributed by atoms with Gasteiger partial charge in [-0.15, -0.1) is 11.8 Å². The highest BCUT2D eigenvalue weighted by Crippen LogP contribution is 2.34. The lowest BCUT2D eigenvalue weighted by atomic mass is 10.1. The number of hydrogen-bond donors (Lipinski definition) is 0. The van der Waals surface area contributed by atoms with Gasteiger partial charge >= 0.3 is 0 Å². The van der Waals surface area contributed by atoms with Gasteiger partial charge in [-0.1, -0.05) is 41.1 Å². The van der Waals surface area contributed by atoms with E-state index >= 15 is 0 Å². The number of carbonyl (C=O) groups excluding carboxylic acids is 1. The van der Waals surface area contributed by atoms with Crippen molar-refractivity contribution in [1.29, 1.82) is 0 Å². The van der Waals surface area contributed by atoms with Crippen LogP contribution < -0.4 is 4.90 Å². The molecule has 1 amide bonds. The van der Waals surface area contributed by atoms with E-state index in [2.05, 4.69) is 31.0 Å². The molecular weight excluding hydrogens is 458 g/mol. The van der Waals surface area contributed by atoms with Gasteiger partial charge in [0.15, 0.2) is 5.13 Å². The van der Waals surface area contributed by atoms with Crippen LogP contribution in [0.15, 0.2) is 65.8 Å². The van der Waals surface area contributed by atoms with Crippen LogP contribution in [0.3, 0.4) is 0 Å². The van der Waals surface area contributed by atoms with Gasteiger partial charge in [-0.2, -0.15) is 0 Å². The standard InChI is InChI=1S/C25H24ClN3OS2/c1-17-7-8-18(2)24-23(17)28-25(32-24)29(16-19-5-3-13-27-15-19)22(30)6-4-14-31-21-11-9-20(26)10-12-21/h3,5,7-13,15H,4,6,14,16H2,1-2H3. The zero-order valence-corrected chi connectivity index (χ0v) is 20.4. The Labute approximate surface area is 201 Å². The third kappa shape index (κ3) is 5.49. The number of thioether (sulfide) groups is 1. The number of nitrogens with zero attached hydrogens (tertiary/aromatic N) is 3. The highest BCUT2D eigenvalue weighted by molar-refractivity contribution is 7.99. The van der Waals surface area contributed by atoms with Gasteiger partial charge < -0.3 is 0 Å². The summed E-state index contributed by atoms with van der Waals surface area (Å²) in [6.45, 7) is 4.62. The summed E-state index contributed by atoms with van der Waals surface area (Å²) in [6.07, 6.45) is 4.81. The van der Waals surface area contributed by atoms with Gasteiger partial charge in [0.05, 0.1) is 16.8 Å². The normalized spacial score (nSPS) is 11.1. The Hall–Kier alpha value is -2.41. The first-order chi connectivity index (χ1) is 15.5. The summed E-state index contributed by atoms with van der Waals surface area (Å²) in [5, 5.41) is 1.48. The van der Waals surface area contributed by atoms with E-state index in [0.717, 1.165) is 48.6 Å². The number of benzene rings is 2. The average Bonchev–Trinajstić information content (AvgIpc) is 3.26. The van der Waals surface area contributed by atoms with Crippen LogP contribution in [0.1, 0.15) is 29.5 Å². The fraction of sp³-hybridized carbons (Fsp3) is 0.240. The van der Waals surface area contributed by atoms with Crippen molar-refractivity contribution in [3.05, 3.63) is 82.6 Å². The molecule has 0 radical (unpaired) electrons. The molecule has 4 rings (SSSR count). The molecule has 164 valence electrons. The molecule has 2 aromatic heterocycles. The minimum absolute atomic E-state index is 0.0833. The SMILES string of the molecule is Cc1ccc(C)c2sc(N(Cc3cccnc3)C(=O)CCCSc3ccc(Cl)cc3)nc12. The van der Waals surface area contributed by atoms with Crippen molar-refractivity contribution in [2.24, 2.45) is 0 Å². The predicted octanol–water partition coefficient (Wildman–Crippen LogP) is 7.07. The maximum absolute atomic E-state index is 13.3. The van der Waals surface area contributed by atoms with E-state index in [1.165, 1.54) is 5.56 Å². The number of aromatic nitrogens is 2. The number of anilines is 1. The zero-order valence-electron chi connectivity index (χ0n) is 18.0. The molecule has 0 aliphatic heterocycles. The summed E-state index contributed by atoms with van der Waals surface area (Å²) in [7, 11) is 0. The molecule has 32 heavy (non-hydrogen) atoms. The minimum Gasteiger partial charge on any atom is -0.284 e. The molecule has 2 aromatic carbocycles. The molecule has 0 saturated heterocycles. The summed E-state index contributed by atoms with van der Waals surface area (Å²) < 4.78 is 1.14. The van der Waals surface area contributed by atoms with Gasteiger partial charge in [-0.3, -0.25) is 14.7 Å². The Balaban J connectivity index is 1.50. The first-order valence-electron chi connectivity index (χ1n) is 10.5. The molecule has 0 atom stereocenters. The second-order valence-corrected chi connectivity index (χ2v) is 10.2. The first-order valence-corrected chi connectivity index (χ1v) is 12.6. The van der Waals surface area contributed by atoms with Crippen molar-refractivity contribution in [1.82, 2.24) is 9.97 Å². The van der Waals surface area contributed by atoms with Crippen molar-refractivity contribution < 1.29 is 4.79 Å². The van der Waals surface area contributed by atoms with Crippen LogP contribution in [0.5, 0.6) is 0 Å². The van der Waals surface area contributed by atoms with Crippen LogP contribution in [-0.2, 0) is 11.3 Å². The second kappa shape index (κ2) is 10.5. The monoisotopic (exact) mass is 481 g/mol. The van der Waals surface area contributed by atoms with Gasteiger partial charge in [0, 0.05) is 28.7 Å². The van der Waals surface area contributed by atoms with Crippen molar-refractivity contribution in [3.63, 3.8) is 0 Å². The van der Waals surface area contributed by atoms with Crippen LogP contribution in [0.2, 0.25) is 5.02 Å². The highest BCUT2D eigenvalue weighted by Gasteiger charge is 2.21. The molecule has 4 aromatic rings. The van der Waals surface area contributed by atoms with Gasteiger partial charge in [-0.25, -0.2) is 4.98 Å². The second-order valence-electron chi connectivity index (χ2n) is 7.62. The summed E-state index contributed by atoms with van der Waals surface area (Å²) >= 11 is 9.28. The lowest BCUT2D eigenvalue weighted by Crippen LogP contribution is -2.30. The maximum atomic E-state index is 13.3. The van der Waals surface area contributed by atoms with Crippen LogP contribution in [0, 0.1) is 13.8 Å². The molecule has 0 bridgehead atoms. The molecule has 4 nitrogen and oxygen atoms in total. The van der Waals surface area contributed by atoms with E-state index in [4.69, 9.17) is 16.6 Å². The van der Waals surface area contributed by atoms with E-state index in [9.17, 15) is 4.79 Å². The molecule has 0 aliphatic carbocycles. The van der Waals surface area contributed by atoms with Crippen molar-refractivity contribution >= 4 is 56.0 Å². The molecule has 0 N–H and O–H groups in total. The van der Waals surface area contributed by atoms with E-state index in [-0.39, 0.29) is 5.91 Å². The maximum Gasteiger partial charge on any atom is 0.229 e. The average molecular weight is 482 g/mol. The van der Waals surface area contributed by atoms with E-state index in [0.29, 0.717) is 13.0 Å². The summed E-state index contributed by atoms with van der Waals surface area (Å²) in [5.74, 6) is 0.950. The number of fused-ring (bicyclic) bond motifs is 1. The van der Waals surface area contributed by atoms with Crippen molar-refractivity contribution in [2.45, 2.75) is 38.1 Å². The van der Waals surface area contributed by atoms with E-state index < -0.39 is 0 Å². The Bertz CT molecular complexity index is 1170. The lowest BCUT2D eigenvalue weighted by Gasteiger charge is -2.20. The van der Waals surface area contributed by atoms with Gasteiger partial charge in [0.1, 0.15) is 0 Å². The van der Waals surface area contributed by atoms with Crippen LogP contribution in [0.4, 0.5) is 5.13 Å². The van der Waals surface area contributed by atoms with Gasteiger partial charge in [0.2, 0.25) is 5.91 Å². The highest BCUT2D eigenvalue weighted by atomic mass is 35.5. The largest absolute Gasteiger partial charge is 0.284 e. The molecule has 0 saturated carbocycles. The fourth-order valence-electron chi connectivity index (χ4n) is 3.38. The summed E-state index contributed by atoms with van der Waals surface area (Å²) in [4.78, 5) is 25.3. The van der Waals surface area contributed by atoms with E-state index in [1.807, 2.05) is 41.3 Å². The molecule has 2 heterocycles. The molecule has 7 heteroatoms. The number of hydrogen-bond acceptors (Lipinski definition) is 5. The quantitative estimate of drug-likeness (QED) is 0.199. The van der Waals surface area contributed by atoms with E-state index in [1.54, 1.807) is 35.5 Å². The van der Waals surface area contributed by atoms with Crippen molar-refractivity contribution in [2.75, 3.05) is 10.7 Å². The topological polar surface area (TPSA) is 46.1 Å². The fourth-order valence-corrected chi connectivity index (χ4v) is 5.49. The Kier molecular flexibility index (Phi) is 7.45. The smallest absolute Gasteiger partial charge is 0.229 e. The third-order valence-electron chi connectivity index (χ3n) is 5.14. The number of rotatable bonds is 8. The lowest BCUT2D eigenvalue weighted by molar-refractivity contribution is -0.118. The number of carbonyl (C=O) groups is 1. The Morgan fingerprint density at radius 2 is 1.88 bits per heavy atom. The summed E-state index contributed by atoms with van der Waals surface area (Å²) in [6, 6.07) is 15.9. The Morgan fingerprint density at radius 3 is 2.59 bits per heavy atom. The molecule has 0 aliphatic rings. The van der Waals surface area contributed by atoms with Crippen LogP contribution in [-0.4, -0.2) is 21.6 Å².